The van der Waals surface area contributed by atoms with Gasteiger partial charge < -0.3 is 9.84 Å². The van der Waals surface area contributed by atoms with E-state index in [2.05, 4.69) is 31.2 Å². The number of methoxy groups -OCH3 is 1. The molecule has 3 heteroatoms. The van der Waals surface area contributed by atoms with Crippen molar-refractivity contribution in [2.75, 3.05) is 13.7 Å². The van der Waals surface area contributed by atoms with Crippen LogP contribution in [0.4, 0.5) is 0 Å². The lowest BCUT2D eigenvalue weighted by molar-refractivity contribution is 0.0981. The van der Waals surface area contributed by atoms with Gasteiger partial charge in [0.1, 0.15) is 0 Å². The number of benzene rings is 2. The molecule has 0 amide bonds. The summed E-state index contributed by atoms with van der Waals surface area (Å²) >= 11 is 0. The summed E-state index contributed by atoms with van der Waals surface area (Å²) in [6.45, 7) is 4.81. The summed E-state index contributed by atoms with van der Waals surface area (Å²) in [6, 6.07) is 17.7. The first-order valence-corrected chi connectivity index (χ1v) is 9.46. The molecule has 142 valence electrons. The third-order valence-electron chi connectivity index (χ3n) is 4.17. The summed E-state index contributed by atoms with van der Waals surface area (Å²) < 4.78 is 4.95. The fraction of sp³-hybridized carbons (Fsp3) is 0.435. The summed E-state index contributed by atoms with van der Waals surface area (Å²) in [6.07, 6.45) is 3.61. The Kier molecular flexibility index (Phi) is 11.3. The molecular weight excluding hydrogens is 324 g/mol. The van der Waals surface area contributed by atoms with E-state index in [1.54, 1.807) is 19.2 Å². The summed E-state index contributed by atoms with van der Waals surface area (Å²) in [5.74, 6) is 0.165. The zero-order valence-corrected chi connectivity index (χ0v) is 16.3. The largest absolute Gasteiger partial charge is 0.388 e. The van der Waals surface area contributed by atoms with Gasteiger partial charge in [-0.3, -0.25) is 4.79 Å². The standard InChI is InChI=1S/C15H22O3.C8H10/c1-3-5-14(16)12-7-9-13(10-8-12)15(17)6-4-11-18-2;1-2-8-6-4-3-5-7-8/h7-10,15,17H,3-6,11H2,1-2H3;3-7H,2H2,1H3/t15-;/m1./s1. The van der Waals surface area contributed by atoms with Crippen LogP contribution in [0.5, 0.6) is 0 Å². The van der Waals surface area contributed by atoms with Crippen LogP contribution in [-0.4, -0.2) is 24.6 Å². The Hall–Kier alpha value is -1.97. The number of carbonyl (C=O) groups is 1. The maximum atomic E-state index is 11.7. The van der Waals surface area contributed by atoms with Crippen LogP contribution in [0.25, 0.3) is 0 Å². The van der Waals surface area contributed by atoms with Crippen LogP contribution in [0.2, 0.25) is 0 Å². The molecule has 2 rings (SSSR count). The van der Waals surface area contributed by atoms with E-state index in [0.717, 1.165) is 30.4 Å². The fourth-order valence-corrected chi connectivity index (χ4v) is 2.56. The molecule has 0 radical (unpaired) electrons. The molecule has 1 N–H and O–H groups in total. The van der Waals surface area contributed by atoms with Gasteiger partial charge in [0.05, 0.1) is 6.10 Å². The maximum absolute atomic E-state index is 11.7. The molecule has 0 fully saturated rings. The van der Waals surface area contributed by atoms with Crippen LogP contribution >= 0.6 is 0 Å². The van der Waals surface area contributed by atoms with Crippen molar-refractivity contribution >= 4 is 5.78 Å². The summed E-state index contributed by atoms with van der Waals surface area (Å²) in [4.78, 5) is 11.7. The fourth-order valence-electron chi connectivity index (χ4n) is 2.56. The van der Waals surface area contributed by atoms with Crippen molar-refractivity contribution in [3.05, 3.63) is 71.3 Å². The third kappa shape index (κ3) is 8.41. The number of ether oxygens (including phenoxy) is 1. The second-order valence-electron chi connectivity index (χ2n) is 6.29. The summed E-state index contributed by atoms with van der Waals surface area (Å²) in [7, 11) is 1.65. The van der Waals surface area contributed by atoms with Crippen molar-refractivity contribution in [2.24, 2.45) is 0 Å². The van der Waals surface area contributed by atoms with Crippen molar-refractivity contribution < 1.29 is 14.6 Å². The predicted molar refractivity (Wildman–Crippen MR) is 108 cm³/mol. The number of aliphatic hydroxyl groups is 1. The monoisotopic (exact) mass is 356 g/mol. The van der Waals surface area contributed by atoms with E-state index in [1.807, 2.05) is 25.1 Å². The van der Waals surface area contributed by atoms with Gasteiger partial charge in [-0.2, -0.15) is 0 Å². The summed E-state index contributed by atoms with van der Waals surface area (Å²) in [5.41, 5.74) is 3.00. The van der Waals surface area contributed by atoms with E-state index < -0.39 is 6.10 Å². The average Bonchev–Trinajstić information content (AvgIpc) is 2.69. The molecule has 0 aliphatic carbocycles. The van der Waals surface area contributed by atoms with E-state index in [1.165, 1.54) is 5.56 Å². The van der Waals surface area contributed by atoms with Crippen LogP contribution in [0, 0.1) is 0 Å². The molecule has 0 saturated carbocycles. The zero-order chi connectivity index (χ0) is 19.2. The molecule has 3 nitrogen and oxygen atoms in total. The van der Waals surface area contributed by atoms with Gasteiger partial charge in [-0.15, -0.1) is 0 Å². The van der Waals surface area contributed by atoms with Gasteiger partial charge in [-0.25, -0.2) is 0 Å². The number of hydrogen-bond acceptors (Lipinski definition) is 3. The van der Waals surface area contributed by atoms with Gasteiger partial charge >= 0.3 is 0 Å². The highest BCUT2D eigenvalue weighted by atomic mass is 16.5. The van der Waals surface area contributed by atoms with Crippen LogP contribution < -0.4 is 0 Å². The van der Waals surface area contributed by atoms with E-state index >= 15 is 0 Å². The minimum Gasteiger partial charge on any atom is -0.388 e. The molecule has 0 unspecified atom stereocenters. The van der Waals surface area contributed by atoms with E-state index in [0.29, 0.717) is 19.4 Å². The second-order valence-corrected chi connectivity index (χ2v) is 6.29. The van der Waals surface area contributed by atoms with Gasteiger partial charge in [-0.1, -0.05) is 68.4 Å². The first kappa shape index (κ1) is 22.1. The van der Waals surface area contributed by atoms with Crippen molar-refractivity contribution in [3.8, 4) is 0 Å². The van der Waals surface area contributed by atoms with Gasteiger partial charge in [0, 0.05) is 25.7 Å². The molecule has 0 aliphatic rings. The lowest BCUT2D eigenvalue weighted by Gasteiger charge is -2.11. The number of aryl methyl sites for hydroxylation is 1. The Morgan fingerprint density at radius 3 is 2.19 bits per heavy atom. The van der Waals surface area contributed by atoms with E-state index in [-0.39, 0.29) is 5.78 Å². The zero-order valence-electron chi connectivity index (χ0n) is 16.3. The predicted octanol–water partition coefficient (Wildman–Crippen LogP) is 5.38. The topological polar surface area (TPSA) is 46.5 Å². The van der Waals surface area contributed by atoms with Crippen molar-refractivity contribution in [1.82, 2.24) is 0 Å². The molecule has 1 atom stereocenters. The number of aliphatic hydroxyl groups excluding tert-OH is 1. The quantitative estimate of drug-likeness (QED) is 0.485. The lowest BCUT2D eigenvalue weighted by atomic mass is 10.0. The molecule has 0 aliphatic heterocycles. The van der Waals surface area contributed by atoms with E-state index in [9.17, 15) is 9.90 Å². The van der Waals surface area contributed by atoms with Crippen LogP contribution in [0.1, 0.15) is 67.1 Å². The van der Waals surface area contributed by atoms with Crippen LogP contribution in [0.3, 0.4) is 0 Å². The third-order valence-corrected chi connectivity index (χ3v) is 4.17. The molecule has 0 spiro atoms. The lowest BCUT2D eigenvalue weighted by Crippen LogP contribution is -2.02. The second kappa shape index (κ2) is 13.3. The van der Waals surface area contributed by atoms with Gasteiger partial charge in [0.15, 0.2) is 5.78 Å². The first-order chi connectivity index (χ1) is 12.6. The molecule has 0 saturated heterocycles. The smallest absolute Gasteiger partial charge is 0.162 e. The van der Waals surface area contributed by atoms with E-state index in [4.69, 9.17) is 4.74 Å². The highest BCUT2D eigenvalue weighted by Crippen LogP contribution is 2.19. The average molecular weight is 357 g/mol. The Balaban J connectivity index is 0.000000350. The van der Waals surface area contributed by atoms with Gasteiger partial charge in [0.2, 0.25) is 0 Å². The van der Waals surface area contributed by atoms with Gasteiger partial charge in [0.25, 0.3) is 0 Å². The number of carbonyl (C=O) groups excluding carboxylic acids is 1. The normalized spacial score (nSPS) is 11.4. The minimum atomic E-state index is -0.476. The van der Waals surface area contributed by atoms with Crippen LogP contribution in [-0.2, 0) is 11.2 Å². The van der Waals surface area contributed by atoms with Crippen molar-refractivity contribution in [2.45, 2.75) is 52.1 Å². The molecular formula is C23H32O3. The number of rotatable bonds is 9. The minimum absolute atomic E-state index is 0.165. The number of Topliss-reactive ketones (excluding diaryl/α,β-unsaturated/α-hetero) is 1. The molecule has 0 heterocycles. The first-order valence-electron chi connectivity index (χ1n) is 9.46. The molecule has 26 heavy (non-hydrogen) atoms. The Bertz CT molecular complexity index is 605. The molecule has 2 aromatic carbocycles. The highest BCUT2D eigenvalue weighted by molar-refractivity contribution is 5.96. The van der Waals surface area contributed by atoms with Crippen molar-refractivity contribution in [3.63, 3.8) is 0 Å². The maximum Gasteiger partial charge on any atom is 0.162 e. The Labute approximate surface area is 158 Å². The number of ketones is 1. The SMILES string of the molecule is CCCC(=O)c1ccc([C@H](O)CCCOC)cc1.CCc1ccccc1. The van der Waals surface area contributed by atoms with Crippen molar-refractivity contribution in [1.29, 1.82) is 0 Å². The Morgan fingerprint density at radius 2 is 1.69 bits per heavy atom. The molecule has 0 aromatic heterocycles. The molecule has 2 aromatic rings. The Morgan fingerprint density at radius 1 is 1.04 bits per heavy atom. The molecule has 0 bridgehead atoms. The summed E-state index contributed by atoms with van der Waals surface area (Å²) in [5, 5.41) is 9.94. The number of hydrogen-bond donors (Lipinski definition) is 1. The van der Waals surface area contributed by atoms with Gasteiger partial charge in [-0.05, 0) is 36.8 Å². The van der Waals surface area contributed by atoms with Crippen LogP contribution in [0.15, 0.2) is 54.6 Å². The highest BCUT2D eigenvalue weighted by Gasteiger charge is 2.09.